The number of methoxy groups -OCH3 is 2. The topological polar surface area (TPSA) is 112 Å². The van der Waals surface area contributed by atoms with E-state index in [0.29, 0.717) is 0 Å². The fourth-order valence-corrected chi connectivity index (χ4v) is 2.32. The third kappa shape index (κ3) is 10.9. The molecule has 1 aromatic rings. The second kappa shape index (κ2) is 20.6. The van der Waals surface area contributed by atoms with Crippen molar-refractivity contribution < 1.29 is 50.1 Å². The van der Waals surface area contributed by atoms with E-state index in [-0.39, 0.29) is 17.1 Å². The minimum Gasteiger partial charge on any atom is -0.468 e. The molecule has 0 spiro atoms. The molecule has 0 aliphatic rings. The Hall–Kier alpha value is -2.10. The van der Waals surface area contributed by atoms with Crippen LogP contribution in [0.3, 0.4) is 0 Å². The van der Waals surface area contributed by atoms with Crippen LogP contribution in [0.1, 0.15) is 25.3 Å². The summed E-state index contributed by atoms with van der Waals surface area (Å²) in [7, 11) is 2.52. The van der Waals surface area contributed by atoms with Gasteiger partial charge in [0, 0.05) is 23.0 Å². The predicted octanol–water partition coefficient (Wildman–Crippen LogP) is 2.84. The Kier molecular flexibility index (Phi) is 24.5. The first-order valence-electron chi connectivity index (χ1n) is 7.54. The van der Waals surface area contributed by atoms with Crippen LogP contribution in [0, 0.1) is 51.0 Å². The second-order valence-electron chi connectivity index (χ2n) is 5.28. The van der Waals surface area contributed by atoms with Crippen molar-refractivity contribution in [1.29, 1.82) is 0 Å². The van der Waals surface area contributed by atoms with Gasteiger partial charge in [0.15, 0.2) is 5.41 Å². The summed E-state index contributed by atoms with van der Waals surface area (Å²) in [5.41, 5.74) is -0.658. The quantitative estimate of drug-likeness (QED) is 0.213. The fraction of sp³-hybridized carbons (Fsp3) is 0.286. The molecule has 0 saturated heterocycles. The van der Waals surface area contributed by atoms with Gasteiger partial charge in [0.1, 0.15) is 0 Å². The number of ether oxygens (including phenoxy) is 2. The monoisotopic (exact) mass is 442 g/mol. The number of hydrogen-bond acceptors (Lipinski definition) is 4. The summed E-state index contributed by atoms with van der Waals surface area (Å²) >= 11 is 0. The summed E-state index contributed by atoms with van der Waals surface area (Å²) in [6, 6.07) is 9.30. The van der Waals surface area contributed by atoms with E-state index in [1.165, 1.54) is 21.1 Å². The smallest absolute Gasteiger partial charge is 0.323 e. The number of carbonyl (C=O) groups excluding carboxylic acids is 2. The zero-order valence-corrected chi connectivity index (χ0v) is 17.6. The molecule has 0 aliphatic heterocycles. The van der Waals surface area contributed by atoms with Crippen LogP contribution in [0.25, 0.3) is 0 Å². The van der Waals surface area contributed by atoms with Crippen molar-refractivity contribution in [3.63, 3.8) is 0 Å². The third-order valence-electron chi connectivity index (χ3n) is 3.57. The van der Waals surface area contributed by atoms with Gasteiger partial charge in [-0.3, -0.25) is 9.59 Å². The van der Waals surface area contributed by atoms with Crippen LogP contribution in [0.4, 0.5) is 0 Å². The van der Waals surface area contributed by atoms with E-state index in [4.69, 9.17) is 23.4 Å². The molecule has 156 valence electrons. The molecule has 0 saturated carbocycles. The summed E-state index contributed by atoms with van der Waals surface area (Å²) in [6.45, 7) is 20.7. The van der Waals surface area contributed by atoms with Gasteiger partial charge in [-0.1, -0.05) is 37.3 Å². The molecule has 1 rings (SSSR count). The third-order valence-corrected chi connectivity index (χ3v) is 3.57. The molecule has 0 unspecified atom stereocenters. The molecule has 0 fully saturated rings. The van der Waals surface area contributed by atoms with Gasteiger partial charge in [-0.15, -0.1) is 0 Å². The second-order valence-corrected chi connectivity index (χ2v) is 5.28. The normalized spacial score (nSPS) is 9.93. The zero-order valence-electron chi connectivity index (χ0n) is 16.5. The first-order valence-corrected chi connectivity index (χ1v) is 7.54. The molecule has 7 nitrogen and oxygen atoms in total. The first-order chi connectivity index (χ1) is 13.4. The van der Waals surface area contributed by atoms with Crippen LogP contribution in [-0.2, 0) is 50.1 Å². The molecule has 0 heterocycles. The van der Waals surface area contributed by atoms with Gasteiger partial charge >= 0.3 is 45.8 Å². The van der Waals surface area contributed by atoms with Gasteiger partial charge in [0.05, 0.1) is 14.2 Å². The zero-order chi connectivity index (χ0) is 22.8. The average molecular weight is 442 g/mol. The SMILES string of the molecule is [C-]#[O+].[C-]#[O+].[C-]#[O+].[CH2][C](C)[CH][CH][C@@H](c1ccccc1)C(C)(C(=O)OC)C(=O)OC.[Fe]. The number of carbonyl (C=O) groups is 2. The number of rotatable bonds is 7. The summed E-state index contributed by atoms with van der Waals surface area (Å²) in [6.07, 6.45) is 3.56. The largest absolute Gasteiger partial charge is 0.468 e. The molecule has 1 aromatic carbocycles. The molecule has 1 atom stereocenters. The molecular weight excluding hydrogens is 420 g/mol. The van der Waals surface area contributed by atoms with Crippen molar-refractivity contribution in [2.45, 2.75) is 19.8 Å². The maximum Gasteiger partial charge on any atom is 0.323 e. The van der Waals surface area contributed by atoms with Crippen molar-refractivity contribution in [2.75, 3.05) is 14.2 Å². The molecule has 4 radical (unpaired) electrons. The Labute approximate surface area is 183 Å². The Morgan fingerprint density at radius 3 is 1.69 bits per heavy atom. The molecule has 0 amide bonds. The van der Waals surface area contributed by atoms with Gasteiger partial charge in [-0.25, -0.2) is 0 Å². The van der Waals surface area contributed by atoms with Crippen LogP contribution >= 0.6 is 0 Å². The van der Waals surface area contributed by atoms with E-state index in [9.17, 15) is 9.59 Å². The van der Waals surface area contributed by atoms with E-state index < -0.39 is 23.3 Å². The van der Waals surface area contributed by atoms with Crippen molar-refractivity contribution in [3.05, 3.63) is 81.5 Å². The van der Waals surface area contributed by atoms with Gasteiger partial charge in [-0.05, 0) is 38.2 Å². The van der Waals surface area contributed by atoms with E-state index in [0.717, 1.165) is 11.5 Å². The minimum atomic E-state index is -1.48. The van der Waals surface area contributed by atoms with Gasteiger partial charge in [0.2, 0.25) is 0 Å². The minimum absolute atomic E-state index is 0. The summed E-state index contributed by atoms with van der Waals surface area (Å²) < 4.78 is 32.2. The first kappa shape index (κ1) is 34.4. The van der Waals surface area contributed by atoms with Gasteiger partial charge < -0.3 is 9.47 Å². The standard InChI is InChI=1S/C18H22O4.3CO.Fe/c1-13(2)11-12-15(14-9-7-6-8-10-14)18(3,16(19)21-4)17(20)22-5;3*1-2;/h6-12,15H,1H2,2-5H3;;;;/t15-;;;;/m0..../s1. The van der Waals surface area contributed by atoms with E-state index in [1.807, 2.05) is 37.3 Å². The Morgan fingerprint density at radius 2 is 1.38 bits per heavy atom. The average Bonchev–Trinajstić information content (AvgIpc) is 2.77. The van der Waals surface area contributed by atoms with E-state index in [1.54, 1.807) is 12.8 Å². The fourth-order valence-electron chi connectivity index (χ4n) is 2.32. The maximum absolute atomic E-state index is 12.3. The Bertz CT molecular complexity index is 591. The van der Waals surface area contributed by atoms with Crippen molar-refractivity contribution in [3.8, 4) is 0 Å². The molecule has 0 bridgehead atoms. The molecule has 29 heavy (non-hydrogen) atoms. The van der Waals surface area contributed by atoms with Crippen molar-refractivity contribution >= 4 is 11.9 Å². The van der Waals surface area contributed by atoms with Crippen LogP contribution in [0.15, 0.2) is 30.3 Å². The van der Waals surface area contributed by atoms with Crippen LogP contribution in [0.2, 0.25) is 0 Å². The predicted molar refractivity (Wildman–Crippen MR) is 96.0 cm³/mol. The van der Waals surface area contributed by atoms with E-state index in [2.05, 4.69) is 26.9 Å². The number of benzene rings is 1. The number of esters is 2. The van der Waals surface area contributed by atoms with Crippen LogP contribution < -0.4 is 0 Å². The molecule has 0 aromatic heterocycles. The van der Waals surface area contributed by atoms with Gasteiger partial charge in [0.25, 0.3) is 0 Å². The summed E-state index contributed by atoms with van der Waals surface area (Å²) in [4.78, 5) is 24.6. The van der Waals surface area contributed by atoms with E-state index >= 15 is 0 Å². The molecule has 0 N–H and O–H groups in total. The van der Waals surface area contributed by atoms with Crippen molar-refractivity contribution in [2.24, 2.45) is 5.41 Å². The Morgan fingerprint density at radius 1 is 1.00 bits per heavy atom. The molecule has 0 aliphatic carbocycles. The maximum atomic E-state index is 12.3. The molecular formula is C21H22FeO7. The Balaban J connectivity index is -0.000000407. The van der Waals surface area contributed by atoms with Crippen LogP contribution in [-0.4, -0.2) is 26.2 Å². The summed E-state index contributed by atoms with van der Waals surface area (Å²) in [5.74, 6) is -0.984. The van der Waals surface area contributed by atoms with Crippen LogP contribution in [0.5, 0.6) is 0 Å². The van der Waals surface area contributed by atoms with Gasteiger partial charge in [-0.2, -0.15) is 0 Å². The summed E-state index contributed by atoms with van der Waals surface area (Å²) in [5, 5.41) is 0. The molecule has 8 heteroatoms. The van der Waals surface area contributed by atoms with Crippen molar-refractivity contribution in [1.82, 2.24) is 0 Å². The number of hydrogen-bond donors (Lipinski definition) is 0.